The van der Waals surface area contributed by atoms with Crippen LogP contribution in [0.25, 0.3) is 0 Å². The zero-order valence-electron chi connectivity index (χ0n) is 15.0. The van der Waals surface area contributed by atoms with Gasteiger partial charge in [0.2, 0.25) is 5.91 Å². The zero-order chi connectivity index (χ0) is 19.7. The number of benzene rings is 1. The summed E-state index contributed by atoms with van der Waals surface area (Å²) in [7, 11) is 3.65. The van der Waals surface area contributed by atoms with E-state index in [0.29, 0.717) is 34.4 Å². The van der Waals surface area contributed by atoms with Crippen LogP contribution in [0.5, 0.6) is 0 Å². The molecule has 0 saturated carbocycles. The first kappa shape index (κ1) is 20.9. The molecule has 0 saturated heterocycles. The van der Waals surface area contributed by atoms with Crippen molar-refractivity contribution in [2.75, 3.05) is 19.0 Å². The third-order valence-electron chi connectivity index (χ3n) is 3.54. The summed E-state index contributed by atoms with van der Waals surface area (Å²) in [5.74, 6) is 0.370. The number of primary amides is 1. The van der Waals surface area contributed by atoms with E-state index in [1.807, 2.05) is 51.4 Å². The highest BCUT2D eigenvalue weighted by molar-refractivity contribution is 7.71. The van der Waals surface area contributed by atoms with Crippen LogP contribution in [0.15, 0.2) is 30.3 Å². The van der Waals surface area contributed by atoms with E-state index in [4.69, 9.17) is 28.5 Å². The maximum Gasteiger partial charge on any atom is 0.221 e. The van der Waals surface area contributed by atoms with Crippen molar-refractivity contribution >= 4 is 23.9 Å². The van der Waals surface area contributed by atoms with Gasteiger partial charge in [0.1, 0.15) is 22.6 Å². The molecule has 0 bridgehead atoms. The van der Waals surface area contributed by atoms with Gasteiger partial charge in [0.05, 0.1) is 17.5 Å². The third kappa shape index (κ3) is 5.44. The van der Waals surface area contributed by atoms with Gasteiger partial charge in [-0.15, -0.1) is 0 Å². The van der Waals surface area contributed by atoms with E-state index in [2.05, 4.69) is 17.1 Å². The van der Waals surface area contributed by atoms with Gasteiger partial charge in [0.25, 0.3) is 0 Å². The average molecular weight is 367 g/mol. The summed E-state index contributed by atoms with van der Waals surface area (Å²) in [6.07, 6.45) is 0.950. The summed E-state index contributed by atoms with van der Waals surface area (Å²) in [6.45, 7) is 1.91. The first-order chi connectivity index (χ1) is 12.3. The number of amides is 1. The van der Waals surface area contributed by atoms with E-state index in [1.54, 1.807) is 4.90 Å². The summed E-state index contributed by atoms with van der Waals surface area (Å²) in [5.41, 5.74) is 7.57. The average Bonchev–Trinajstić information content (AvgIpc) is 2.61. The van der Waals surface area contributed by atoms with Crippen molar-refractivity contribution in [1.82, 2.24) is 4.98 Å². The van der Waals surface area contributed by atoms with Crippen LogP contribution in [0.3, 0.4) is 0 Å². The monoisotopic (exact) mass is 367 g/mol. The molecule has 0 aliphatic rings. The molecular weight excluding hydrogens is 346 g/mol. The van der Waals surface area contributed by atoms with E-state index < -0.39 is 0 Å². The Morgan fingerprint density at radius 1 is 1.19 bits per heavy atom. The van der Waals surface area contributed by atoms with Crippen LogP contribution in [0.2, 0.25) is 0 Å². The van der Waals surface area contributed by atoms with Crippen molar-refractivity contribution in [3.63, 3.8) is 0 Å². The Morgan fingerprint density at radius 3 is 2.19 bits per heavy atom. The lowest BCUT2D eigenvalue weighted by atomic mass is 10.0. The fourth-order valence-corrected chi connectivity index (χ4v) is 2.63. The van der Waals surface area contributed by atoms with Gasteiger partial charge in [0.15, 0.2) is 0 Å². The topological polar surface area (TPSA) is 110 Å². The summed E-state index contributed by atoms with van der Waals surface area (Å²) in [4.78, 5) is 15.1. The molecule has 1 heterocycles. The van der Waals surface area contributed by atoms with Crippen LogP contribution >= 0.6 is 12.2 Å². The van der Waals surface area contributed by atoms with Gasteiger partial charge in [-0.25, -0.2) is 0 Å². The van der Waals surface area contributed by atoms with E-state index in [9.17, 15) is 4.79 Å². The van der Waals surface area contributed by atoms with E-state index in [1.165, 1.54) is 0 Å². The Labute approximate surface area is 158 Å². The molecule has 0 spiro atoms. The van der Waals surface area contributed by atoms with Crippen LogP contribution in [0.4, 0.5) is 5.82 Å². The summed E-state index contributed by atoms with van der Waals surface area (Å²) in [6, 6.07) is 13.6. The van der Waals surface area contributed by atoms with Gasteiger partial charge >= 0.3 is 0 Å². The number of hydrogen-bond acceptors (Lipinski definition) is 5. The lowest BCUT2D eigenvalue weighted by Crippen LogP contribution is -2.15. The molecule has 7 heteroatoms. The number of H-pyrrole nitrogens is 1. The zero-order valence-corrected chi connectivity index (χ0v) is 15.9. The number of anilines is 1. The number of aromatic amines is 1. The first-order valence-electron chi connectivity index (χ1n) is 7.94. The Balaban J connectivity index is 0.000000289. The molecule has 2 aromatic rings. The van der Waals surface area contributed by atoms with Gasteiger partial charge in [-0.3, -0.25) is 4.79 Å². The van der Waals surface area contributed by atoms with Gasteiger partial charge in [-0.1, -0.05) is 49.5 Å². The Bertz CT molecular complexity index is 904. The molecule has 2 rings (SSSR count). The molecule has 1 aromatic heterocycles. The van der Waals surface area contributed by atoms with Gasteiger partial charge in [-0.05, 0) is 17.5 Å². The minimum Gasteiger partial charge on any atom is -0.369 e. The molecule has 1 aromatic carbocycles. The predicted molar refractivity (Wildman–Crippen MR) is 104 cm³/mol. The highest BCUT2D eigenvalue weighted by atomic mass is 32.1. The fourth-order valence-electron chi connectivity index (χ4n) is 2.36. The number of carbonyl (C=O) groups excluding carboxylic acids is 1. The highest BCUT2D eigenvalue weighted by Gasteiger charge is 2.15. The van der Waals surface area contributed by atoms with Crippen LogP contribution in [-0.2, 0) is 17.6 Å². The second-order valence-corrected chi connectivity index (χ2v) is 6.04. The summed E-state index contributed by atoms with van der Waals surface area (Å²) < 4.78 is 0.391. The Hall–Kier alpha value is -3.16. The number of nitrogens with two attached hydrogens (primary N) is 1. The molecule has 0 fully saturated rings. The minimum absolute atomic E-state index is 0.286. The Morgan fingerprint density at radius 2 is 1.77 bits per heavy atom. The third-order valence-corrected chi connectivity index (χ3v) is 3.85. The molecule has 6 nitrogen and oxygen atoms in total. The second kappa shape index (κ2) is 9.97. The first-order valence-corrected chi connectivity index (χ1v) is 8.35. The summed E-state index contributed by atoms with van der Waals surface area (Å²) in [5, 5.41) is 18.2. The number of nitrogens with zero attached hydrogens (tertiary/aromatic N) is 3. The smallest absolute Gasteiger partial charge is 0.221 e. The number of carbonyl (C=O) groups is 1. The normalized spacial score (nSPS) is 9.27. The van der Waals surface area contributed by atoms with Crippen molar-refractivity contribution in [2.24, 2.45) is 5.73 Å². The molecular formula is C19H21N5OS. The number of rotatable bonds is 4. The molecule has 0 unspecified atom stereocenters. The lowest BCUT2D eigenvalue weighted by Gasteiger charge is -2.16. The van der Waals surface area contributed by atoms with E-state index in [-0.39, 0.29) is 5.91 Å². The predicted octanol–water partition coefficient (Wildman–Crippen LogP) is 2.83. The van der Waals surface area contributed by atoms with Crippen molar-refractivity contribution in [2.45, 2.75) is 19.8 Å². The van der Waals surface area contributed by atoms with E-state index in [0.717, 1.165) is 11.1 Å². The van der Waals surface area contributed by atoms with Crippen LogP contribution in [-0.4, -0.2) is 25.0 Å². The number of pyridine rings is 1. The number of nitrogens with one attached hydrogen (secondary N) is 1. The Kier molecular flexibility index (Phi) is 8.01. The SMILES string of the molecule is CCc1c(C#N)c(N(C)C)[nH]c(=S)c1C#N.NC(=O)Cc1ccccc1. The molecule has 3 N–H and O–H groups in total. The van der Waals surface area contributed by atoms with Crippen LogP contribution in [0, 0.1) is 27.3 Å². The highest BCUT2D eigenvalue weighted by Crippen LogP contribution is 2.23. The molecule has 26 heavy (non-hydrogen) atoms. The fraction of sp³-hybridized carbons (Fsp3) is 0.263. The standard InChI is InChI=1S/C11H12N4S.C8H9NO/c1-4-7-8(5-12)10(15(2)3)14-11(16)9(7)6-13;9-8(10)6-7-4-2-1-3-5-7/h4H2,1-3H3,(H,14,16);1-5H,6H2,(H2,9,10). The van der Waals surface area contributed by atoms with Crippen molar-refractivity contribution in [3.05, 3.63) is 57.2 Å². The van der Waals surface area contributed by atoms with E-state index >= 15 is 0 Å². The molecule has 0 aliphatic heterocycles. The van der Waals surface area contributed by atoms with Crippen molar-refractivity contribution in [1.29, 1.82) is 10.5 Å². The largest absolute Gasteiger partial charge is 0.369 e. The van der Waals surface area contributed by atoms with Gasteiger partial charge in [0, 0.05) is 14.1 Å². The molecule has 1 amide bonds. The second-order valence-electron chi connectivity index (χ2n) is 5.63. The van der Waals surface area contributed by atoms with Crippen molar-refractivity contribution in [3.8, 4) is 12.1 Å². The van der Waals surface area contributed by atoms with Gasteiger partial charge < -0.3 is 15.6 Å². The molecule has 0 radical (unpaired) electrons. The number of nitriles is 2. The summed E-state index contributed by atoms with van der Waals surface area (Å²) >= 11 is 5.11. The van der Waals surface area contributed by atoms with Crippen LogP contribution < -0.4 is 10.6 Å². The lowest BCUT2D eigenvalue weighted by molar-refractivity contribution is -0.117. The van der Waals surface area contributed by atoms with Gasteiger partial charge in [-0.2, -0.15) is 10.5 Å². The molecule has 134 valence electrons. The number of hydrogen-bond donors (Lipinski definition) is 2. The molecule has 0 atom stereocenters. The van der Waals surface area contributed by atoms with Crippen LogP contribution in [0.1, 0.15) is 29.2 Å². The maximum absolute atomic E-state index is 10.4. The molecule has 0 aliphatic carbocycles. The number of aromatic nitrogens is 1. The maximum atomic E-state index is 10.4. The quantitative estimate of drug-likeness (QED) is 0.808. The van der Waals surface area contributed by atoms with Crippen molar-refractivity contribution < 1.29 is 4.79 Å². The minimum atomic E-state index is -0.286.